The maximum Gasteiger partial charge on any atom is 0.323 e. The van der Waals surface area contributed by atoms with Crippen molar-refractivity contribution in [3.8, 4) is 0 Å². The van der Waals surface area contributed by atoms with E-state index in [1.54, 1.807) is 29.2 Å². The summed E-state index contributed by atoms with van der Waals surface area (Å²) in [5, 5.41) is 8.82. The van der Waals surface area contributed by atoms with E-state index in [-0.39, 0.29) is 6.54 Å². The number of hydrogen-bond donors (Lipinski definition) is 2. The van der Waals surface area contributed by atoms with Gasteiger partial charge >= 0.3 is 5.97 Å². The van der Waals surface area contributed by atoms with E-state index in [0.29, 0.717) is 22.3 Å². The van der Waals surface area contributed by atoms with Gasteiger partial charge in [0.25, 0.3) is 0 Å². The van der Waals surface area contributed by atoms with Gasteiger partial charge in [-0.3, -0.25) is 9.59 Å². The van der Waals surface area contributed by atoms with Crippen LogP contribution in [0.25, 0.3) is 0 Å². The third kappa shape index (κ3) is 3.59. The molecular weight excluding hydrogens is 300 g/mol. The highest BCUT2D eigenvalue weighted by molar-refractivity contribution is 9.10. The number of benzene rings is 1. The Kier molecular flexibility index (Phi) is 4.91. The summed E-state index contributed by atoms with van der Waals surface area (Å²) in [5.74, 6) is -1.48. The molecule has 0 aliphatic rings. The number of rotatable bonds is 6. The first-order valence-electron chi connectivity index (χ1n) is 5.12. The van der Waals surface area contributed by atoms with Crippen molar-refractivity contribution in [2.24, 2.45) is 5.73 Å². The SMILES string of the molecule is C=CCN(CC(=O)O)c1ccc(C(N)=O)c(Br)c1. The standard InChI is InChI=1S/C12H13BrN2O3/c1-2-5-15(7-11(16)17)8-3-4-9(12(14)18)10(13)6-8/h2-4,6H,1,5,7H2,(H2,14,18)(H,16,17). The number of aliphatic carboxylic acids is 1. The summed E-state index contributed by atoms with van der Waals surface area (Å²) in [6.07, 6.45) is 1.61. The molecule has 0 saturated carbocycles. The molecule has 3 N–H and O–H groups in total. The van der Waals surface area contributed by atoms with Gasteiger partial charge in [-0.05, 0) is 34.1 Å². The second-order valence-corrected chi connectivity index (χ2v) is 4.45. The van der Waals surface area contributed by atoms with E-state index in [4.69, 9.17) is 10.8 Å². The van der Waals surface area contributed by atoms with Crippen LogP contribution in [0.2, 0.25) is 0 Å². The molecule has 0 aromatic heterocycles. The molecule has 1 amide bonds. The van der Waals surface area contributed by atoms with Gasteiger partial charge in [0.2, 0.25) is 5.91 Å². The predicted molar refractivity (Wildman–Crippen MR) is 72.7 cm³/mol. The summed E-state index contributed by atoms with van der Waals surface area (Å²) in [7, 11) is 0. The first-order chi connectivity index (χ1) is 8.45. The quantitative estimate of drug-likeness (QED) is 0.782. The molecule has 0 spiro atoms. The highest BCUT2D eigenvalue weighted by Gasteiger charge is 2.12. The highest BCUT2D eigenvalue weighted by Crippen LogP contribution is 2.24. The Morgan fingerprint density at radius 1 is 1.50 bits per heavy atom. The van der Waals surface area contributed by atoms with Crippen molar-refractivity contribution in [2.45, 2.75) is 0 Å². The van der Waals surface area contributed by atoms with Crippen molar-refractivity contribution in [1.29, 1.82) is 0 Å². The third-order valence-corrected chi connectivity index (χ3v) is 2.91. The smallest absolute Gasteiger partial charge is 0.323 e. The fraction of sp³-hybridized carbons (Fsp3) is 0.167. The Balaban J connectivity index is 3.06. The Morgan fingerprint density at radius 2 is 2.17 bits per heavy atom. The average molecular weight is 313 g/mol. The molecule has 0 aliphatic heterocycles. The van der Waals surface area contributed by atoms with Crippen LogP contribution in [0.5, 0.6) is 0 Å². The zero-order valence-electron chi connectivity index (χ0n) is 9.60. The second-order valence-electron chi connectivity index (χ2n) is 3.59. The fourth-order valence-corrected chi connectivity index (χ4v) is 2.04. The number of primary amides is 1. The summed E-state index contributed by atoms with van der Waals surface area (Å²) >= 11 is 3.23. The number of amides is 1. The number of carbonyl (C=O) groups is 2. The Labute approximate surface area is 113 Å². The number of nitrogens with two attached hydrogens (primary N) is 1. The topological polar surface area (TPSA) is 83.6 Å². The fourth-order valence-electron chi connectivity index (χ4n) is 1.48. The molecule has 18 heavy (non-hydrogen) atoms. The second kappa shape index (κ2) is 6.20. The van der Waals surface area contributed by atoms with Crippen LogP contribution in [0.3, 0.4) is 0 Å². The van der Waals surface area contributed by atoms with Crippen LogP contribution < -0.4 is 10.6 Å². The van der Waals surface area contributed by atoms with E-state index >= 15 is 0 Å². The minimum Gasteiger partial charge on any atom is -0.480 e. The van der Waals surface area contributed by atoms with Gasteiger partial charge in [0.1, 0.15) is 6.54 Å². The molecule has 96 valence electrons. The number of nitrogens with zero attached hydrogens (tertiary/aromatic N) is 1. The molecular formula is C12H13BrN2O3. The first-order valence-corrected chi connectivity index (χ1v) is 5.92. The molecule has 0 heterocycles. The van der Waals surface area contributed by atoms with Gasteiger partial charge < -0.3 is 15.7 Å². The minimum atomic E-state index is -0.938. The van der Waals surface area contributed by atoms with Crippen LogP contribution in [0.15, 0.2) is 35.3 Å². The Morgan fingerprint density at radius 3 is 2.61 bits per heavy atom. The van der Waals surface area contributed by atoms with Crippen molar-refractivity contribution < 1.29 is 14.7 Å². The number of carbonyl (C=O) groups excluding carboxylic acids is 1. The molecule has 1 aromatic carbocycles. The molecule has 6 heteroatoms. The van der Waals surface area contributed by atoms with Crippen molar-refractivity contribution in [3.05, 3.63) is 40.9 Å². The number of hydrogen-bond acceptors (Lipinski definition) is 3. The van der Waals surface area contributed by atoms with Crippen LogP contribution in [-0.2, 0) is 4.79 Å². The Hall–Kier alpha value is -1.82. The number of anilines is 1. The molecule has 0 radical (unpaired) electrons. The van der Waals surface area contributed by atoms with Crippen LogP contribution in [0.4, 0.5) is 5.69 Å². The third-order valence-electron chi connectivity index (χ3n) is 2.26. The van der Waals surface area contributed by atoms with Crippen molar-refractivity contribution in [1.82, 2.24) is 0 Å². The lowest BCUT2D eigenvalue weighted by Gasteiger charge is -2.21. The molecule has 5 nitrogen and oxygen atoms in total. The average Bonchev–Trinajstić information content (AvgIpc) is 2.27. The number of halogens is 1. The van der Waals surface area contributed by atoms with E-state index in [9.17, 15) is 9.59 Å². The van der Waals surface area contributed by atoms with E-state index in [1.165, 1.54) is 0 Å². The van der Waals surface area contributed by atoms with E-state index < -0.39 is 11.9 Å². The largest absolute Gasteiger partial charge is 0.480 e. The number of carboxylic acids is 1. The molecule has 0 aliphatic carbocycles. The first kappa shape index (κ1) is 14.2. The minimum absolute atomic E-state index is 0.144. The number of carboxylic acid groups (broad SMARTS) is 1. The molecule has 0 atom stereocenters. The van der Waals surface area contributed by atoms with Crippen molar-refractivity contribution >= 4 is 33.5 Å². The van der Waals surface area contributed by atoms with E-state index in [0.717, 1.165) is 0 Å². The van der Waals surface area contributed by atoms with Gasteiger partial charge in [0.15, 0.2) is 0 Å². The van der Waals surface area contributed by atoms with Gasteiger partial charge in [-0.2, -0.15) is 0 Å². The van der Waals surface area contributed by atoms with E-state index in [2.05, 4.69) is 22.5 Å². The van der Waals surface area contributed by atoms with Gasteiger partial charge in [0, 0.05) is 16.7 Å². The zero-order chi connectivity index (χ0) is 13.7. The van der Waals surface area contributed by atoms with Crippen molar-refractivity contribution in [2.75, 3.05) is 18.0 Å². The lowest BCUT2D eigenvalue weighted by Crippen LogP contribution is -2.29. The highest BCUT2D eigenvalue weighted by atomic mass is 79.9. The van der Waals surface area contributed by atoms with Crippen molar-refractivity contribution in [3.63, 3.8) is 0 Å². The molecule has 0 fully saturated rings. The zero-order valence-corrected chi connectivity index (χ0v) is 11.2. The molecule has 0 unspecified atom stereocenters. The molecule has 0 saturated heterocycles. The molecule has 1 aromatic rings. The normalized spacial score (nSPS) is 9.83. The summed E-state index contributed by atoms with van der Waals surface area (Å²) < 4.78 is 0.534. The maximum atomic E-state index is 11.1. The Bertz CT molecular complexity index is 488. The van der Waals surface area contributed by atoms with Crippen LogP contribution in [0, 0.1) is 0 Å². The van der Waals surface area contributed by atoms with Gasteiger partial charge in [-0.15, -0.1) is 6.58 Å². The lowest BCUT2D eigenvalue weighted by atomic mass is 10.2. The molecule has 1 rings (SSSR count). The van der Waals surface area contributed by atoms with E-state index in [1.807, 2.05) is 0 Å². The monoisotopic (exact) mass is 312 g/mol. The predicted octanol–water partition coefficient (Wildman–Crippen LogP) is 1.62. The summed E-state index contributed by atoms with van der Waals surface area (Å²) in [4.78, 5) is 23.4. The maximum absolute atomic E-state index is 11.1. The van der Waals surface area contributed by atoms with Crippen LogP contribution >= 0.6 is 15.9 Å². The van der Waals surface area contributed by atoms with Gasteiger partial charge in [-0.1, -0.05) is 6.08 Å². The summed E-state index contributed by atoms with van der Waals surface area (Å²) in [5.41, 5.74) is 6.22. The van der Waals surface area contributed by atoms with Crippen LogP contribution in [0.1, 0.15) is 10.4 Å². The molecule has 0 bridgehead atoms. The lowest BCUT2D eigenvalue weighted by molar-refractivity contribution is -0.135. The summed E-state index contributed by atoms with van der Waals surface area (Å²) in [6, 6.07) is 4.86. The summed E-state index contributed by atoms with van der Waals surface area (Å²) in [6.45, 7) is 3.83. The van der Waals surface area contributed by atoms with Gasteiger partial charge in [0.05, 0.1) is 5.56 Å². The van der Waals surface area contributed by atoms with Gasteiger partial charge in [-0.25, -0.2) is 0 Å². The van der Waals surface area contributed by atoms with Crippen LogP contribution in [-0.4, -0.2) is 30.1 Å².